The van der Waals surface area contributed by atoms with Crippen molar-refractivity contribution in [3.8, 4) is 5.75 Å². The summed E-state index contributed by atoms with van der Waals surface area (Å²) in [5.41, 5.74) is 9.00. The molecule has 0 unspecified atom stereocenters. The van der Waals surface area contributed by atoms with Crippen LogP contribution in [0, 0.1) is 0 Å². The van der Waals surface area contributed by atoms with Crippen molar-refractivity contribution in [2.75, 3.05) is 17.2 Å². The first kappa shape index (κ1) is 12.9. The molecule has 2 N–H and O–H groups in total. The molecule has 20 heavy (non-hydrogen) atoms. The molecule has 1 aliphatic heterocycles. The number of anilines is 2. The second kappa shape index (κ2) is 4.75. The molecule has 0 aromatic heterocycles. The van der Waals surface area contributed by atoms with E-state index in [0.717, 1.165) is 30.2 Å². The molecule has 0 saturated carbocycles. The third-order valence-corrected chi connectivity index (χ3v) is 3.52. The third kappa shape index (κ3) is 2.44. The minimum Gasteiger partial charge on any atom is -0.484 e. The number of fused-ring (bicyclic) bond motifs is 1. The predicted molar refractivity (Wildman–Crippen MR) is 83.1 cm³/mol. The van der Waals surface area contributed by atoms with E-state index in [1.807, 2.05) is 24.3 Å². The normalized spacial score (nSPS) is 16.4. The molecule has 2 aromatic carbocycles. The van der Waals surface area contributed by atoms with Crippen LogP contribution < -0.4 is 15.4 Å². The second-order valence-corrected chi connectivity index (χ2v) is 5.90. The minimum atomic E-state index is -0.213. The van der Waals surface area contributed by atoms with E-state index in [4.69, 9.17) is 10.5 Å². The van der Waals surface area contributed by atoms with Crippen molar-refractivity contribution >= 4 is 11.4 Å². The van der Waals surface area contributed by atoms with Gasteiger partial charge in [-0.25, -0.2) is 0 Å². The van der Waals surface area contributed by atoms with Crippen LogP contribution >= 0.6 is 0 Å². The van der Waals surface area contributed by atoms with Gasteiger partial charge in [-0.05, 0) is 31.5 Å². The lowest BCUT2D eigenvalue weighted by Crippen LogP contribution is -2.46. The number of nitrogen functional groups attached to an aromatic ring is 1. The number of nitrogens with two attached hydrogens (primary N) is 1. The van der Waals surface area contributed by atoms with Crippen molar-refractivity contribution in [2.24, 2.45) is 0 Å². The van der Waals surface area contributed by atoms with Crippen LogP contribution in [0.15, 0.2) is 48.5 Å². The molecule has 0 atom stereocenters. The quantitative estimate of drug-likeness (QED) is 0.848. The molecule has 3 rings (SSSR count). The van der Waals surface area contributed by atoms with E-state index in [2.05, 4.69) is 43.0 Å². The molecule has 0 radical (unpaired) electrons. The Hall–Kier alpha value is -2.16. The summed E-state index contributed by atoms with van der Waals surface area (Å²) in [5, 5.41) is 0. The van der Waals surface area contributed by atoms with Gasteiger partial charge in [0.1, 0.15) is 17.0 Å². The van der Waals surface area contributed by atoms with E-state index in [-0.39, 0.29) is 5.60 Å². The zero-order valence-corrected chi connectivity index (χ0v) is 12.0. The number of nitrogens with zero attached hydrogens (tertiary/aromatic N) is 1. The van der Waals surface area contributed by atoms with Crippen molar-refractivity contribution in [1.82, 2.24) is 0 Å². The SMILES string of the molecule is CC1(C)CN(Cc2ccccc2)c2c(N)cccc2O1. The summed E-state index contributed by atoms with van der Waals surface area (Å²) >= 11 is 0. The lowest BCUT2D eigenvalue weighted by Gasteiger charge is -2.41. The van der Waals surface area contributed by atoms with Crippen molar-refractivity contribution in [3.63, 3.8) is 0 Å². The summed E-state index contributed by atoms with van der Waals surface area (Å²) in [6.45, 7) is 5.88. The van der Waals surface area contributed by atoms with Crippen LogP contribution in [-0.2, 0) is 6.54 Å². The highest BCUT2D eigenvalue weighted by molar-refractivity contribution is 5.76. The van der Waals surface area contributed by atoms with Gasteiger partial charge in [-0.1, -0.05) is 36.4 Å². The average Bonchev–Trinajstić information content (AvgIpc) is 2.38. The van der Waals surface area contributed by atoms with Gasteiger partial charge in [-0.3, -0.25) is 0 Å². The highest BCUT2D eigenvalue weighted by Gasteiger charge is 2.32. The van der Waals surface area contributed by atoms with E-state index in [0.29, 0.717) is 0 Å². The topological polar surface area (TPSA) is 38.5 Å². The van der Waals surface area contributed by atoms with E-state index in [1.165, 1.54) is 5.56 Å². The van der Waals surface area contributed by atoms with Crippen LogP contribution in [0.2, 0.25) is 0 Å². The van der Waals surface area contributed by atoms with Crippen LogP contribution in [0.5, 0.6) is 5.75 Å². The first-order chi connectivity index (χ1) is 9.55. The van der Waals surface area contributed by atoms with Gasteiger partial charge in [-0.15, -0.1) is 0 Å². The number of hydrogen-bond acceptors (Lipinski definition) is 3. The number of benzene rings is 2. The summed E-state index contributed by atoms with van der Waals surface area (Å²) in [7, 11) is 0. The monoisotopic (exact) mass is 268 g/mol. The maximum atomic E-state index is 6.15. The molecule has 0 amide bonds. The van der Waals surface area contributed by atoms with E-state index in [1.54, 1.807) is 0 Å². The molecule has 1 heterocycles. The average molecular weight is 268 g/mol. The maximum absolute atomic E-state index is 6.15. The smallest absolute Gasteiger partial charge is 0.145 e. The summed E-state index contributed by atoms with van der Waals surface area (Å²) in [4.78, 5) is 2.31. The van der Waals surface area contributed by atoms with Crippen molar-refractivity contribution in [1.29, 1.82) is 0 Å². The largest absolute Gasteiger partial charge is 0.484 e. The molecule has 104 valence electrons. The van der Waals surface area contributed by atoms with Gasteiger partial charge in [0.2, 0.25) is 0 Å². The van der Waals surface area contributed by atoms with Crippen molar-refractivity contribution in [3.05, 3.63) is 54.1 Å². The van der Waals surface area contributed by atoms with Gasteiger partial charge >= 0.3 is 0 Å². The Bertz CT molecular complexity index is 608. The summed E-state index contributed by atoms with van der Waals surface area (Å²) in [5.74, 6) is 0.872. The fourth-order valence-electron chi connectivity index (χ4n) is 2.77. The zero-order chi connectivity index (χ0) is 14.2. The molecule has 3 heteroatoms. The summed E-state index contributed by atoms with van der Waals surface area (Å²) < 4.78 is 6.05. The Balaban J connectivity index is 1.99. The summed E-state index contributed by atoms with van der Waals surface area (Å²) in [6.07, 6.45) is 0. The van der Waals surface area contributed by atoms with Gasteiger partial charge in [0.15, 0.2) is 0 Å². The Morgan fingerprint density at radius 3 is 2.60 bits per heavy atom. The number of para-hydroxylation sites is 1. The molecule has 0 aliphatic carbocycles. The first-order valence-corrected chi connectivity index (χ1v) is 6.91. The van der Waals surface area contributed by atoms with Crippen LogP contribution in [0.1, 0.15) is 19.4 Å². The predicted octanol–water partition coefficient (Wildman–Crippen LogP) is 3.45. The fourth-order valence-corrected chi connectivity index (χ4v) is 2.77. The van der Waals surface area contributed by atoms with Crippen molar-refractivity contribution < 1.29 is 4.74 Å². The van der Waals surface area contributed by atoms with Crippen LogP contribution in [0.25, 0.3) is 0 Å². The Kier molecular flexibility index (Phi) is 3.05. The van der Waals surface area contributed by atoms with Crippen LogP contribution in [-0.4, -0.2) is 12.1 Å². The standard InChI is InChI=1S/C17H20N2O/c1-17(2)12-19(11-13-7-4-3-5-8-13)16-14(18)9-6-10-15(16)20-17/h3-10H,11-12,18H2,1-2H3. The van der Waals surface area contributed by atoms with Gasteiger partial charge in [0.25, 0.3) is 0 Å². The summed E-state index contributed by atoms with van der Waals surface area (Å²) in [6, 6.07) is 16.3. The van der Waals surface area contributed by atoms with Crippen molar-refractivity contribution in [2.45, 2.75) is 26.0 Å². The van der Waals surface area contributed by atoms with Crippen LogP contribution in [0.4, 0.5) is 11.4 Å². The van der Waals surface area contributed by atoms with Gasteiger partial charge in [0, 0.05) is 6.54 Å². The minimum absolute atomic E-state index is 0.213. The number of rotatable bonds is 2. The molecule has 3 nitrogen and oxygen atoms in total. The fraction of sp³-hybridized carbons (Fsp3) is 0.294. The molecule has 0 spiro atoms. The Morgan fingerprint density at radius 2 is 1.85 bits per heavy atom. The number of ether oxygens (including phenoxy) is 1. The molecular formula is C17H20N2O. The van der Waals surface area contributed by atoms with E-state index < -0.39 is 0 Å². The second-order valence-electron chi connectivity index (χ2n) is 5.90. The molecule has 2 aromatic rings. The lowest BCUT2D eigenvalue weighted by molar-refractivity contribution is 0.105. The highest BCUT2D eigenvalue weighted by Crippen LogP contribution is 2.41. The molecule has 1 aliphatic rings. The molecule has 0 fully saturated rings. The van der Waals surface area contributed by atoms with Gasteiger partial charge in [0.05, 0.1) is 12.2 Å². The lowest BCUT2D eigenvalue weighted by atomic mass is 10.0. The Labute approximate surface area is 120 Å². The molecule has 0 bridgehead atoms. The van der Waals surface area contributed by atoms with Gasteiger partial charge in [-0.2, -0.15) is 0 Å². The van der Waals surface area contributed by atoms with Gasteiger partial charge < -0.3 is 15.4 Å². The zero-order valence-electron chi connectivity index (χ0n) is 12.0. The number of hydrogen-bond donors (Lipinski definition) is 1. The molecular weight excluding hydrogens is 248 g/mol. The maximum Gasteiger partial charge on any atom is 0.145 e. The highest BCUT2D eigenvalue weighted by atomic mass is 16.5. The van der Waals surface area contributed by atoms with E-state index in [9.17, 15) is 0 Å². The van der Waals surface area contributed by atoms with E-state index >= 15 is 0 Å². The third-order valence-electron chi connectivity index (χ3n) is 3.52. The van der Waals surface area contributed by atoms with Crippen LogP contribution in [0.3, 0.4) is 0 Å². The Morgan fingerprint density at radius 1 is 1.10 bits per heavy atom. The molecule has 0 saturated heterocycles. The first-order valence-electron chi connectivity index (χ1n) is 6.91.